The second-order valence-corrected chi connectivity index (χ2v) is 11.9. The van der Waals surface area contributed by atoms with Gasteiger partial charge >= 0.3 is 6.18 Å². The topological polar surface area (TPSA) is 77.6 Å². The minimum absolute atomic E-state index is 0.0296. The van der Waals surface area contributed by atoms with Gasteiger partial charge in [0.05, 0.1) is 29.3 Å². The molecule has 1 amide bonds. The van der Waals surface area contributed by atoms with Crippen LogP contribution in [0.4, 0.5) is 13.2 Å². The summed E-state index contributed by atoms with van der Waals surface area (Å²) in [6.07, 6.45) is -1.25. The molecule has 11 heteroatoms. The lowest BCUT2D eigenvalue weighted by atomic mass is 9.95. The predicted molar refractivity (Wildman–Crippen MR) is 162 cm³/mol. The highest BCUT2D eigenvalue weighted by molar-refractivity contribution is 5.83. The summed E-state index contributed by atoms with van der Waals surface area (Å²) in [5, 5.41) is 0.858. The first-order valence-electron chi connectivity index (χ1n) is 15.1. The maximum Gasteiger partial charge on any atom is 0.416 e. The van der Waals surface area contributed by atoms with Gasteiger partial charge in [-0.1, -0.05) is 26.0 Å². The van der Waals surface area contributed by atoms with Crippen LogP contribution in [0.1, 0.15) is 53.4 Å². The zero-order valence-corrected chi connectivity index (χ0v) is 25.2. The zero-order chi connectivity index (χ0) is 31.0. The van der Waals surface area contributed by atoms with Crippen LogP contribution in [0.5, 0.6) is 11.5 Å². The summed E-state index contributed by atoms with van der Waals surface area (Å²) in [6, 6.07) is 10.0. The number of aromatic amines is 1. The van der Waals surface area contributed by atoms with Crippen LogP contribution < -0.4 is 4.74 Å². The van der Waals surface area contributed by atoms with Crippen LogP contribution in [0.15, 0.2) is 48.8 Å². The molecule has 1 saturated heterocycles. The first kappa shape index (κ1) is 30.1. The van der Waals surface area contributed by atoms with Crippen LogP contribution in [-0.4, -0.2) is 74.8 Å². The molecule has 2 aliphatic rings. The molecule has 4 aromatic rings. The van der Waals surface area contributed by atoms with E-state index in [0.29, 0.717) is 30.2 Å². The van der Waals surface area contributed by atoms with Gasteiger partial charge in [-0.3, -0.25) is 14.7 Å². The van der Waals surface area contributed by atoms with Crippen LogP contribution in [0.2, 0.25) is 0 Å². The zero-order valence-electron chi connectivity index (χ0n) is 25.2. The van der Waals surface area contributed by atoms with E-state index >= 15 is 0 Å². The smallest absolute Gasteiger partial charge is 0.416 e. The first-order chi connectivity index (χ1) is 21.1. The van der Waals surface area contributed by atoms with Crippen molar-refractivity contribution >= 4 is 16.9 Å². The Labute approximate surface area is 254 Å². The van der Waals surface area contributed by atoms with Crippen molar-refractivity contribution < 1.29 is 22.7 Å². The molecule has 1 N–H and O–H groups in total. The molecular weight excluding hydrogens is 569 g/mol. The van der Waals surface area contributed by atoms with Gasteiger partial charge in [0.1, 0.15) is 17.1 Å². The van der Waals surface area contributed by atoms with E-state index in [2.05, 4.69) is 31.7 Å². The molecule has 1 aromatic carbocycles. The van der Waals surface area contributed by atoms with Gasteiger partial charge in [-0.25, -0.2) is 4.98 Å². The fourth-order valence-electron chi connectivity index (χ4n) is 6.28. The normalized spacial score (nSPS) is 18.0. The summed E-state index contributed by atoms with van der Waals surface area (Å²) in [6.45, 7) is 11.2. The van der Waals surface area contributed by atoms with Crippen LogP contribution in [-0.2, 0) is 30.5 Å². The lowest BCUT2D eigenvalue weighted by Gasteiger charge is -2.34. The molecule has 44 heavy (non-hydrogen) atoms. The monoisotopic (exact) mass is 606 g/mol. The van der Waals surface area contributed by atoms with Crippen LogP contribution >= 0.6 is 0 Å². The number of hydrogen-bond acceptors (Lipinski definition) is 6. The fraction of sp³-hybridized carbons (Fsp3) is 0.424. The molecule has 3 aromatic heterocycles. The van der Waals surface area contributed by atoms with E-state index in [1.54, 1.807) is 35.5 Å². The van der Waals surface area contributed by atoms with Crippen molar-refractivity contribution in [2.45, 2.75) is 52.4 Å². The maximum atomic E-state index is 14.1. The number of fused-ring (bicyclic) bond motifs is 2. The number of aryl methyl sites for hydroxylation is 1. The lowest BCUT2D eigenvalue weighted by molar-refractivity contribution is -0.138. The van der Waals surface area contributed by atoms with Crippen molar-refractivity contribution in [3.8, 4) is 11.5 Å². The van der Waals surface area contributed by atoms with Gasteiger partial charge in [-0.05, 0) is 54.4 Å². The number of alkyl halides is 3. The number of piperazine rings is 1. The largest absolute Gasteiger partial charge is 0.455 e. The van der Waals surface area contributed by atoms with Gasteiger partial charge in [-0.15, -0.1) is 0 Å². The van der Waals surface area contributed by atoms with Gasteiger partial charge in [0.15, 0.2) is 0 Å². The third-order valence-electron chi connectivity index (χ3n) is 8.65. The Morgan fingerprint density at radius 1 is 1.07 bits per heavy atom. The highest BCUT2D eigenvalue weighted by atomic mass is 19.4. The Kier molecular flexibility index (Phi) is 8.34. The number of ether oxygens (including phenoxy) is 1. The standard InChI is InChI=1S/C33H37F3N6O2/c1-4-40-9-11-41(12-10-40)19-24-6-5-23(14-28(24)33(34,35)36)15-30(43)42-18-21(2)31-25(20-42)16-26(17-38-31)44-29-7-8-37-32-27(29)13-22(3)39-32/h5-8,13-14,16-17,21H,4,9-12,15,18-20H2,1-3H3,(H,37,39). The molecule has 0 radical (unpaired) electrons. The number of nitrogens with one attached hydrogen (secondary N) is 1. The van der Waals surface area contributed by atoms with E-state index in [9.17, 15) is 18.0 Å². The van der Waals surface area contributed by atoms with E-state index < -0.39 is 11.7 Å². The highest BCUT2D eigenvalue weighted by Gasteiger charge is 2.35. The first-order valence-corrected chi connectivity index (χ1v) is 15.1. The molecule has 1 unspecified atom stereocenters. The van der Waals surface area contributed by atoms with E-state index in [-0.39, 0.29) is 30.4 Å². The maximum absolute atomic E-state index is 14.1. The number of nitrogens with zero attached hydrogens (tertiary/aromatic N) is 5. The average Bonchev–Trinajstić information content (AvgIpc) is 3.39. The molecule has 232 valence electrons. The van der Waals surface area contributed by atoms with Crippen LogP contribution in [0.25, 0.3) is 11.0 Å². The summed E-state index contributed by atoms with van der Waals surface area (Å²) in [5.74, 6) is 0.935. The summed E-state index contributed by atoms with van der Waals surface area (Å²) in [7, 11) is 0. The molecule has 6 rings (SSSR count). The van der Waals surface area contributed by atoms with E-state index in [1.807, 2.05) is 26.0 Å². The summed E-state index contributed by atoms with van der Waals surface area (Å²) in [5.41, 5.74) is 3.40. The third-order valence-corrected chi connectivity index (χ3v) is 8.65. The number of likely N-dealkylation sites (N-methyl/N-ethyl adjacent to an activating group) is 1. The Hall–Kier alpha value is -3.96. The molecule has 0 saturated carbocycles. The molecule has 8 nitrogen and oxygen atoms in total. The Morgan fingerprint density at radius 3 is 2.59 bits per heavy atom. The molecule has 5 heterocycles. The number of H-pyrrole nitrogens is 1. The average molecular weight is 607 g/mol. The number of amides is 1. The van der Waals surface area contributed by atoms with Crippen LogP contribution in [0.3, 0.4) is 0 Å². The van der Waals surface area contributed by atoms with Gasteiger partial charge in [0, 0.05) is 63.6 Å². The van der Waals surface area contributed by atoms with Crippen molar-refractivity contribution in [2.75, 3.05) is 39.3 Å². The lowest BCUT2D eigenvalue weighted by Crippen LogP contribution is -2.45. The molecule has 1 fully saturated rings. The van der Waals surface area contributed by atoms with Gasteiger partial charge < -0.3 is 19.5 Å². The van der Waals surface area contributed by atoms with E-state index in [4.69, 9.17) is 4.74 Å². The van der Waals surface area contributed by atoms with Crippen molar-refractivity contribution in [1.29, 1.82) is 0 Å². The Bertz CT molecular complexity index is 1660. The minimum atomic E-state index is -4.50. The van der Waals surface area contributed by atoms with Crippen molar-refractivity contribution in [3.63, 3.8) is 0 Å². The SMILES string of the molecule is CCN1CCN(Cc2ccc(CC(=O)N3Cc4cc(Oc5ccnc6[nH]c(C)cc56)cnc4C(C)C3)cc2C(F)(F)F)CC1. The number of halogens is 3. The fourth-order valence-corrected chi connectivity index (χ4v) is 6.28. The van der Waals surface area contributed by atoms with Gasteiger partial charge in [-0.2, -0.15) is 13.2 Å². The molecule has 0 aliphatic carbocycles. The number of carbonyl (C=O) groups excluding carboxylic acids is 1. The quantitative estimate of drug-likeness (QED) is 0.282. The minimum Gasteiger partial charge on any atom is -0.455 e. The van der Waals surface area contributed by atoms with Crippen molar-refractivity contribution in [2.24, 2.45) is 0 Å². The molecular formula is C33H37F3N6O2. The van der Waals surface area contributed by atoms with Gasteiger partial charge in [0.2, 0.25) is 5.91 Å². The van der Waals surface area contributed by atoms with Crippen LogP contribution in [0, 0.1) is 6.92 Å². The number of aromatic nitrogens is 3. The summed E-state index contributed by atoms with van der Waals surface area (Å²) >= 11 is 0. The number of carbonyl (C=O) groups is 1. The highest BCUT2D eigenvalue weighted by Crippen LogP contribution is 2.35. The van der Waals surface area contributed by atoms with E-state index in [1.165, 1.54) is 0 Å². The van der Waals surface area contributed by atoms with Crippen molar-refractivity contribution in [3.05, 3.63) is 82.4 Å². The van der Waals surface area contributed by atoms with Gasteiger partial charge in [0.25, 0.3) is 0 Å². The third kappa shape index (κ3) is 6.44. The number of pyridine rings is 2. The molecule has 2 aliphatic heterocycles. The Morgan fingerprint density at radius 2 is 1.84 bits per heavy atom. The Balaban J connectivity index is 1.16. The second-order valence-electron chi connectivity index (χ2n) is 11.9. The number of rotatable bonds is 7. The number of hydrogen-bond donors (Lipinski definition) is 1. The predicted octanol–water partition coefficient (Wildman–Crippen LogP) is 5.90. The second kappa shape index (κ2) is 12.2. The molecule has 1 atom stereocenters. The molecule has 0 bridgehead atoms. The number of benzene rings is 1. The summed E-state index contributed by atoms with van der Waals surface area (Å²) < 4.78 is 48.6. The molecule has 0 spiro atoms. The van der Waals surface area contributed by atoms with E-state index in [0.717, 1.165) is 66.8 Å². The van der Waals surface area contributed by atoms with Crippen molar-refractivity contribution in [1.82, 2.24) is 29.7 Å². The summed E-state index contributed by atoms with van der Waals surface area (Å²) in [4.78, 5) is 31.7.